The maximum Gasteiger partial charge on any atom is 0.281 e. The van der Waals surface area contributed by atoms with Gasteiger partial charge in [0, 0.05) is 32.7 Å². The largest absolute Gasteiger partial charge is 0.493 e. The Hall–Kier alpha value is -4.35. The Morgan fingerprint density at radius 2 is 1.73 bits per heavy atom. The molecule has 2 N–H and O–H groups in total. The molecule has 11 heteroatoms. The first-order chi connectivity index (χ1) is 19.5. The molecule has 0 aliphatic heterocycles. The lowest BCUT2D eigenvalue weighted by atomic mass is 10.1. The second-order valence-corrected chi connectivity index (χ2v) is 11.3. The van der Waals surface area contributed by atoms with E-state index in [0.717, 1.165) is 11.1 Å². The number of hydrogen-bond donors (Lipinski definition) is 2. The number of aromatic nitrogens is 2. The maximum atomic E-state index is 14.5. The number of amides is 1. The van der Waals surface area contributed by atoms with Crippen LogP contribution in [-0.2, 0) is 10.0 Å². The summed E-state index contributed by atoms with van der Waals surface area (Å²) in [5.74, 6) is -1.21. The second-order valence-electron chi connectivity index (χ2n) is 9.70. The van der Waals surface area contributed by atoms with Gasteiger partial charge in [-0.05, 0) is 68.3 Å². The highest BCUT2D eigenvalue weighted by Crippen LogP contribution is 2.33. The molecular weight excluding hydrogens is 549 g/mol. The number of para-hydroxylation sites is 1. The topological polar surface area (TPSA) is 128 Å². The van der Waals surface area contributed by atoms with Crippen LogP contribution >= 0.6 is 0 Å². The van der Waals surface area contributed by atoms with E-state index in [4.69, 9.17) is 9.47 Å². The van der Waals surface area contributed by atoms with Crippen LogP contribution in [0.25, 0.3) is 11.3 Å². The van der Waals surface area contributed by atoms with Gasteiger partial charge in [-0.3, -0.25) is 4.79 Å². The first-order valence-corrected chi connectivity index (χ1v) is 14.3. The number of aryl methyl sites for hydroxylation is 3. The van der Waals surface area contributed by atoms with Gasteiger partial charge >= 0.3 is 0 Å². The standard InChI is InChI=1S/C30H30FN3O6S.2H2/c1-18(16-35)17-39-24-14-22(13-23(31)15-24)26-12-11-25(30(33-26)40-28-19(2)7-5-8-20(28)3)29(36)34-41(37,38)27-10-6-9-21(4)32-27;;/h5-15,18,35H,16-17H2,1-4H3,(H,34,36);2*1H. The predicted octanol–water partition coefficient (Wildman–Crippen LogP) is 5.62. The molecule has 0 radical (unpaired) electrons. The molecule has 1 unspecified atom stereocenters. The van der Waals surface area contributed by atoms with Crippen molar-refractivity contribution in [1.82, 2.24) is 14.7 Å². The number of halogens is 1. The molecule has 2 heterocycles. The van der Waals surface area contributed by atoms with E-state index in [2.05, 4.69) is 9.97 Å². The lowest BCUT2D eigenvalue weighted by Crippen LogP contribution is -2.31. The summed E-state index contributed by atoms with van der Waals surface area (Å²) in [5.41, 5.74) is 2.43. The van der Waals surface area contributed by atoms with E-state index in [0.29, 0.717) is 17.0 Å². The fourth-order valence-electron chi connectivity index (χ4n) is 3.89. The number of nitrogens with one attached hydrogen (secondary N) is 1. The summed E-state index contributed by atoms with van der Waals surface area (Å²) in [6.45, 7) is 7.17. The monoisotopic (exact) mass is 583 g/mol. The lowest BCUT2D eigenvalue weighted by Gasteiger charge is -2.16. The van der Waals surface area contributed by atoms with E-state index < -0.39 is 21.7 Å². The van der Waals surface area contributed by atoms with Crippen molar-refractivity contribution in [2.45, 2.75) is 32.7 Å². The number of carbonyl (C=O) groups excluding carboxylic acids is 1. The third-order valence-electron chi connectivity index (χ3n) is 6.09. The highest BCUT2D eigenvalue weighted by Gasteiger charge is 2.25. The number of hydrogen-bond acceptors (Lipinski definition) is 8. The highest BCUT2D eigenvalue weighted by molar-refractivity contribution is 7.90. The third kappa shape index (κ3) is 7.24. The van der Waals surface area contributed by atoms with E-state index >= 15 is 0 Å². The van der Waals surface area contributed by atoms with Crippen LogP contribution in [0.4, 0.5) is 4.39 Å². The van der Waals surface area contributed by atoms with Gasteiger partial charge in [-0.1, -0.05) is 31.2 Å². The molecule has 2 aromatic heterocycles. The second kappa shape index (κ2) is 12.4. The van der Waals surface area contributed by atoms with Crippen molar-refractivity contribution in [2.24, 2.45) is 5.92 Å². The van der Waals surface area contributed by atoms with Gasteiger partial charge in [0.15, 0.2) is 5.03 Å². The van der Waals surface area contributed by atoms with Crippen molar-refractivity contribution >= 4 is 15.9 Å². The number of aliphatic hydroxyl groups excluding tert-OH is 1. The van der Waals surface area contributed by atoms with Crippen molar-refractivity contribution in [2.75, 3.05) is 13.2 Å². The molecule has 1 amide bonds. The first-order valence-electron chi connectivity index (χ1n) is 12.8. The molecule has 0 bridgehead atoms. The number of benzene rings is 2. The zero-order valence-corrected chi connectivity index (χ0v) is 23.8. The fourth-order valence-corrected chi connectivity index (χ4v) is 4.87. The van der Waals surface area contributed by atoms with Gasteiger partial charge in [0.2, 0.25) is 5.88 Å². The minimum absolute atomic E-state index is 0. The Bertz CT molecular complexity index is 1690. The first kappa shape index (κ1) is 29.6. The van der Waals surface area contributed by atoms with Crippen molar-refractivity contribution in [3.8, 4) is 28.6 Å². The quantitative estimate of drug-likeness (QED) is 0.246. The van der Waals surface area contributed by atoms with E-state index in [-0.39, 0.29) is 49.9 Å². The van der Waals surface area contributed by atoms with Gasteiger partial charge in [-0.15, -0.1) is 0 Å². The van der Waals surface area contributed by atoms with Gasteiger partial charge < -0.3 is 14.6 Å². The number of carbonyl (C=O) groups is 1. The molecule has 2 aromatic carbocycles. The van der Waals surface area contributed by atoms with Gasteiger partial charge in [-0.2, -0.15) is 8.42 Å². The van der Waals surface area contributed by atoms with Crippen molar-refractivity contribution in [3.63, 3.8) is 0 Å². The van der Waals surface area contributed by atoms with Crippen molar-refractivity contribution in [3.05, 3.63) is 94.9 Å². The van der Waals surface area contributed by atoms with Gasteiger partial charge in [0.05, 0.1) is 12.3 Å². The minimum Gasteiger partial charge on any atom is -0.493 e. The predicted molar refractivity (Wildman–Crippen MR) is 155 cm³/mol. The zero-order valence-electron chi connectivity index (χ0n) is 23.0. The van der Waals surface area contributed by atoms with Crippen molar-refractivity contribution in [1.29, 1.82) is 0 Å². The van der Waals surface area contributed by atoms with Crippen molar-refractivity contribution < 1.29 is 35.0 Å². The van der Waals surface area contributed by atoms with Gasteiger partial charge in [0.1, 0.15) is 22.9 Å². The average molecular weight is 584 g/mol. The molecule has 4 aromatic rings. The number of nitrogens with zero attached hydrogens (tertiary/aromatic N) is 2. The number of aliphatic hydroxyl groups is 1. The van der Waals surface area contributed by atoms with E-state index in [1.807, 2.05) is 36.8 Å². The van der Waals surface area contributed by atoms with E-state index in [1.54, 1.807) is 26.0 Å². The summed E-state index contributed by atoms with van der Waals surface area (Å²) in [6, 6.07) is 16.8. The Morgan fingerprint density at radius 3 is 2.41 bits per heavy atom. The minimum atomic E-state index is -4.30. The van der Waals surface area contributed by atoms with E-state index in [1.165, 1.54) is 36.4 Å². The average Bonchev–Trinajstić information content (AvgIpc) is 2.93. The summed E-state index contributed by atoms with van der Waals surface area (Å²) in [4.78, 5) is 21.8. The van der Waals surface area contributed by atoms with Crippen LogP contribution in [-0.4, -0.2) is 42.6 Å². The molecule has 0 saturated heterocycles. The molecule has 41 heavy (non-hydrogen) atoms. The fraction of sp³-hybridized carbons (Fsp3) is 0.233. The van der Waals surface area contributed by atoms with E-state index in [9.17, 15) is 22.7 Å². The van der Waals surface area contributed by atoms with Crippen LogP contribution in [0.2, 0.25) is 0 Å². The Kier molecular flexibility index (Phi) is 8.99. The summed E-state index contributed by atoms with van der Waals surface area (Å²) in [6.07, 6.45) is 0. The molecule has 0 saturated carbocycles. The molecular formula is C30H34FN3O6S. The normalized spacial score (nSPS) is 12.0. The number of rotatable bonds is 10. The molecule has 0 aliphatic carbocycles. The summed E-state index contributed by atoms with van der Waals surface area (Å²) >= 11 is 0. The Balaban J connectivity index is 0.00000323. The molecule has 218 valence electrons. The smallest absolute Gasteiger partial charge is 0.281 e. The highest BCUT2D eigenvalue weighted by atomic mass is 32.2. The van der Waals surface area contributed by atoms with Crippen LogP contribution in [0, 0.1) is 32.5 Å². The van der Waals surface area contributed by atoms with Crippen LogP contribution in [0.1, 0.15) is 37.0 Å². The number of pyridine rings is 2. The zero-order chi connectivity index (χ0) is 29.7. The molecule has 0 spiro atoms. The van der Waals surface area contributed by atoms with Crippen LogP contribution in [0.5, 0.6) is 17.4 Å². The van der Waals surface area contributed by atoms with Crippen LogP contribution in [0.15, 0.2) is 71.8 Å². The maximum absolute atomic E-state index is 14.5. The number of sulfonamides is 1. The third-order valence-corrected chi connectivity index (χ3v) is 7.32. The molecule has 4 rings (SSSR count). The summed E-state index contributed by atoms with van der Waals surface area (Å²) < 4.78 is 54.1. The molecule has 9 nitrogen and oxygen atoms in total. The Labute approximate surface area is 241 Å². The molecule has 0 aliphatic rings. The lowest BCUT2D eigenvalue weighted by molar-refractivity contribution is 0.0978. The molecule has 0 fully saturated rings. The molecule has 1 atom stereocenters. The number of ether oxygens (including phenoxy) is 2. The van der Waals surface area contributed by atoms with Gasteiger partial charge in [0.25, 0.3) is 15.9 Å². The summed E-state index contributed by atoms with van der Waals surface area (Å²) in [7, 11) is -4.30. The van der Waals surface area contributed by atoms with Crippen LogP contribution in [0.3, 0.4) is 0 Å². The SMILES string of the molecule is Cc1cccc(S(=O)(=O)NC(=O)c2ccc(-c3cc(F)cc(OCC(C)CO)c3)nc2Oc2c(C)cccc2C)n1.[HH].[HH]. The van der Waals surface area contributed by atoms with Gasteiger partial charge in [-0.25, -0.2) is 19.1 Å². The van der Waals surface area contributed by atoms with Crippen LogP contribution < -0.4 is 14.2 Å². The Morgan fingerprint density at radius 1 is 1.02 bits per heavy atom. The summed E-state index contributed by atoms with van der Waals surface area (Å²) in [5, 5.41) is 8.95.